The number of amidine groups is 1. The Morgan fingerprint density at radius 3 is 3.00 bits per heavy atom. The number of aliphatic hydroxyl groups excluding tert-OH is 1. The Morgan fingerprint density at radius 2 is 2.39 bits per heavy atom. The van der Waals surface area contributed by atoms with Crippen LogP contribution >= 0.6 is 0 Å². The second kappa shape index (κ2) is 8.92. The number of hydrazine groups is 2. The van der Waals surface area contributed by atoms with Gasteiger partial charge in [-0.2, -0.15) is 5.10 Å². The molecule has 132 valence electrons. The summed E-state index contributed by atoms with van der Waals surface area (Å²) in [6, 6.07) is 0.283. The normalized spacial score (nSPS) is 30.0. The van der Waals surface area contributed by atoms with Crippen LogP contribution in [0.2, 0.25) is 0 Å². The zero-order chi connectivity index (χ0) is 16.7. The Bertz CT molecular complexity index is 418. The van der Waals surface area contributed by atoms with Gasteiger partial charge in [0.2, 0.25) is 0 Å². The van der Waals surface area contributed by atoms with E-state index in [9.17, 15) is 5.11 Å². The molecule has 0 saturated heterocycles. The quantitative estimate of drug-likeness (QED) is 0.123. The predicted molar refractivity (Wildman–Crippen MR) is 88.0 cm³/mol. The van der Waals surface area contributed by atoms with Crippen LogP contribution in [0.1, 0.15) is 38.5 Å². The molecule has 1 heterocycles. The topological polar surface area (TPSA) is 133 Å². The highest BCUT2D eigenvalue weighted by Crippen LogP contribution is 2.31. The summed E-state index contributed by atoms with van der Waals surface area (Å²) in [5, 5.41) is 19.2. The molecule has 1 saturated carbocycles. The monoisotopic (exact) mass is 327 g/mol. The fraction of sp³-hybridized carbons (Fsp3) is 0.786. The van der Waals surface area contributed by atoms with Crippen LogP contribution in [-0.4, -0.2) is 41.2 Å². The van der Waals surface area contributed by atoms with Crippen LogP contribution in [0.4, 0.5) is 0 Å². The van der Waals surface area contributed by atoms with Crippen molar-refractivity contribution < 1.29 is 9.94 Å². The van der Waals surface area contributed by atoms with Gasteiger partial charge < -0.3 is 26.5 Å². The maximum absolute atomic E-state index is 10.6. The number of aliphatic hydroxyl groups is 1. The van der Waals surface area contributed by atoms with Crippen molar-refractivity contribution in [2.75, 3.05) is 7.05 Å². The van der Waals surface area contributed by atoms with Crippen LogP contribution in [0.3, 0.4) is 0 Å². The number of nitrogens with two attached hydrogens (primary N) is 2. The SMILES string of the molecule is CN/C(CCC(O)[C@H]1CCC[C@@H](N2C=CNN2)C[C@H]1ON)=N/N. The number of nitrogens with zero attached hydrogens (tertiary/aromatic N) is 2. The van der Waals surface area contributed by atoms with Gasteiger partial charge in [0.05, 0.1) is 12.2 Å². The molecule has 0 aromatic rings. The fourth-order valence-electron chi connectivity index (χ4n) is 3.42. The standard InChI is InChI=1S/C14H29N7O2/c1-17-14(19-15)6-5-12(22)11-4-2-3-10(9-13(11)23-16)21-8-7-18-20-21/h7-8,10-13,18,20,22H,2-6,9,15-16H2,1H3,(H,17,19)/t10-,11-,12?,13-/m1/s1. The van der Waals surface area contributed by atoms with Gasteiger partial charge >= 0.3 is 0 Å². The van der Waals surface area contributed by atoms with Gasteiger partial charge in [0.25, 0.3) is 0 Å². The first kappa shape index (κ1) is 17.8. The molecule has 1 unspecified atom stereocenters. The summed E-state index contributed by atoms with van der Waals surface area (Å²) in [6.07, 6.45) is 8.01. The zero-order valence-corrected chi connectivity index (χ0v) is 13.6. The molecule has 0 radical (unpaired) electrons. The van der Waals surface area contributed by atoms with Crippen molar-refractivity contribution in [2.24, 2.45) is 22.8 Å². The molecule has 4 atom stereocenters. The highest BCUT2D eigenvalue weighted by Gasteiger charge is 2.35. The van der Waals surface area contributed by atoms with Gasteiger partial charge in [-0.1, -0.05) is 6.42 Å². The van der Waals surface area contributed by atoms with Crippen molar-refractivity contribution in [3.63, 3.8) is 0 Å². The zero-order valence-electron chi connectivity index (χ0n) is 13.6. The van der Waals surface area contributed by atoms with E-state index in [1.165, 1.54) is 0 Å². The number of hydrogen-bond donors (Lipinski definition) is 6. The molecule has 2 aliphatic rings. The molecule has 0 aromatic carbocycles. The molecular formula is C14H29N7O2. The Morgan fingerprint density at radius 1 is 1.57 bits per heavy atom. The molecule has 9 heteroatoms. The molecule has 9 nitrogen and oxygen atoms in total. The van der Waals surface area contributed by atoms with E-state index in [0.29, 0.717) is 18.7 Å². The summed E-state index contributed by atoms with van der Waals surface area (Å²) in [5.41, 5.74) is 6.02. The highest BCUT2D eigenvalue weighted by molar-refractivity contribution is 5.81. The summed E-state index contributed by atoms with van der Waals surface area (Å²) >= 11 is 0. The van der Waals surface area contributed by atoms with Crippen molar-refractivity contribution in [1.29, 1.82) is 0 Å². The number of nitrogens with one attached hydrogen (secondary N) is 3. The molecule has 1 aliphatic heterocycles. The number of hydrogen-bond acceptors (Lipinski definition) is 8. The van der Waals surface area contributed by atoms with E-state index in [1.54, 1.807) is 7.05 Å². The highest BCUT2D eigenvalue weighted by atomic mass is 16.6. The van der Waals surface area contributed by atoms with Crippen LogP contribution in [0.5, 0.6) is 0 Å². The van der Waals surface area contributed by atoms with Crippen LogP contribution in [0.25, 0.3) is 0 Å². The Kier molecular flexibility index (Phi) is 6.90. The van der Waals surface area contributed by atoms with E-state index in [2.05, 4.69) is 21.4 Å². The average molecular weight is 327 g/mol. The first-order valence-electron chi connectivity index (χ1n) is 8.13. The van der Waals surface area contributed by atoms with Crippen LogP contribution in [-0.2, 0) is 4.84 Å². The average Bonchev–Trinajstić information content (AvgIpc) is 3.02. The van der Waals surface area contributed by atoms with E-state index in [0.717, 1.165) is 25.7 Å². The summed E-state index contributed by atoms with van der Waals surface area (Å²) < 4.78 is 0. The summed E-state index contributed by atoms with van der Waals surface area (Å²) in [6.45, 7) is 0. The minimum atomic E-state index is -0.493. The van der Waals surface area contributed by atoms with Gasteiger partial charge in [-0.25, -0.2) is 5.90 Å². The van der Waals surface area contributed by atoms with Gasteiger partial charge in [0.1, 0.15) is 5.84 Å². The van der Waals surface area contributed by atoms with Gasteiger partial charge in [-0.05, 0) is 25.7 Å². The first-order valence-corrected chi connectivity index (χ1v) is 8.13. The largest absolute Gasteiger partial charge is 0.393 e. The molecule has 2 rings (SSSR count). The smallest absolute Gasteiger partial charge is 0.121 e. The lowest BCUT2D eigenvalue weighted by atomic mass is 9.88. The number of rotatable bonds is 6. The molecule has 1 aliphatic carbocycles. The lowest BCUT2D eigenvalue weighted by Gasteiger charge is -2.31. The third-order valence-corrected chi connectivity index (χ3v) is 4.75. The molecule has 23 heavy (non-hydrogen) atoms. The minimum absolute atomic E-state index is 0.0143. The maximum atomic E-state index is 10.6. The van der Waals surface area contributed by atoms with Crippen molar-refractivity contribution in [1.82, 2.24) is 21.3 Å². The summed E-state index contributed by atoms with van der Waals surface area (Å²) in [5.74, 6) is 11.5. The van der Waals surface area contributed by atoms with E-state index in [-0.39, 0.29) is 18.1 Å². The molecule has 0 spiro atoms. The minimum Gasteiger partial charge on any atom is -0.393 e. The Hall–Kier alpha value is -1.55. The second-order valence-corrected chi connectivity index (χ2v) is 6.07. The Labute approximate surface area is 137 Å². The predicted octanol–water partition coefficient (Wildman–Crippen LogP) is -0.767. The summed E-state index contributed by atoms with van der Waals surface area (Å²) in [7, 11) is 1.77. The van der Waals surface area contributed by atoms with Crippen molar-refractivity contribution in [3.05, 3.63) is 12.4 Å². The van der Waals surface area contributed by atoms with Crippen LogP contribution in [0, 0.1) is 5.92 Å². The first-order chi connectivity index (χ1) is 11.2. The van der Waals surface area contributed by atoms with Gasteiger partial charge in [-0.15, -0.1) is 5.53 Å². The van der Waals surface area contributed by atoms with E-state index in [4.69, 9.17) is 16.6 Å². The Balaban J connectivity index is 1.93. The molecule has 0 amide bonds. The fourth-order valence-corrected chi connectivity index (χ4v) is 3.42. The van der Waals surface area contributed by atoms with Crippen molar-refractivity contribution in [3.8, 4) is 0 Å². The van der Waals surface area contributed by atoms with E-state index in [1.807, 2.05) is 17.4 Å². The molecule has 1 fully saturated rings. The van der Waals surface area contributed by atoms with E-state index >= 15 is 0 Å². The maximum Gasteiger partial charge on any atom is 0.121 e. The van der Waals surface area contributed by atoms with Crippen LogP contribution < -0.4 is 28.0 Å². The lowest BCUT2D eigenvalue weighted by molar-refractivity contribution is -0.0508. The summed E-state index contributed by atoms with van der Waals surface area (Å²) in [4.78, 5) is 5.22. The second-order valence-electron chi connectivity index (χ2n) is 6.07. The third kappa shape index (κ3) is 4.71. The molecule has 0 bridgehead atoms. The lowest BCUT2D eigenvalue weighted by Crippen LogP contribution is -2.45. The van der Waals surface area contributed by atoms with Crippen molar-refractivity contribution in [2.45, 2.75) is 56.8 Å². The van der Waals surface area contributed by atoms with Gasteiger partial charge in [0.15, 0.2) is 0 Å². The molecular weight excluding hydrogens is 298 g/mol. The molecule has 0 aromatic heterocycles. The van der Waals surface area contributed by atoms with E-state index < -0.39 is 6.10 Å². The van der Waals surface area contributed by atoms with Crippen LogP contribution in [0.15, 0.2) is 17.5 Å². The van der Waals surface area contributed by atoms with Gasteiger partial charge in [-0.3, -0.25) is 5.01 Å². The molecule has 8 N–H and O–H groups in total. The third-order valence-electron chi connectivity index (χ3n) is 4.75. The van der Waals surface area contributed by atoms with Crippen molar-refractivity contribution >= 4 is 5.84 Å². The van der Waals surface area contributed by atoms with Gasteiger partial charge in [0, 0.05) is 37.8 Å². The number of hydrazone groups is 1.